The molecule has 1 aromatic carbocycles. The standard InChI is InChI=1S/C24H29F3N4O/c1-4-21-17(3)23(24(25,26)27)29-31(21)18-5-7-19(8-6-18)32-20-10-13-30(14-11-20)22-15-16(2)9-12-28-22/h5-9,12,15,17,20-21H,4,10-11,13-14H2,1-3H3/t17?,21-/m0/s1. The van der Waals surface area contributed by atoms with Crippen molar-refractivity contribution in [3.05, 3.63) is 48.2 Å². The largest absolute Gasteiger partial charge is 0.490 e. The first-order valence-corrected chi connectivity index (χ1v) is 11.2. The van der Waals surface area contributed by atoms with Crippen molar-refractivity contribution in [1.29, 1.82) is 0 Å². The number of nitrogens with zero attached hydrogens (tertiary/aromatic N) is 4. The van der Waals surface area contributed by atoms with Crippen LogP contribution in [0.2, 0.25) is 0 Å². The average molecular weight is 447 g/mol. The van der Waals surface area contributed by atoms with Crippen LogP contribution < -0.4 is 14.6 Å². The second kappa shape index (κ2) is 9.00. The van der Waals surface area contributed by atoms with Crippen LogP contribution >= 0.6 is 0 Å². The lowest BCUT2D eigenvalue weighted by atomic mass is 9.95. The molecule has 0 bridgehead atoms. The fourth-order valence-electron chi connectivity index (χ4n) is 4.53. The number of rotatable bonds is 5. The van der Waals surface area contributed by atoms with Gasteiger partial charge >= 0.3 is 6.18 Å². The van der Waals surface area contributed by atoms with Crippen molar-refractivity contribution in [1.82, 2.24) is 4.98 Å². The number of pyridine rings is 1. The summed E-state index contributed by atoms with van der Waals surface area (Å²) in [5.41, 5.74) is 1.13. The van der Waals surface area contributed by atoms with Gasteiger partial charge in [0.25, 0.3) is 0 Å². The van der Waals surface area contributed by atoms with E-state index in [2.05, 4.69) is 28.0 Å². The normalized spacial score (nSPS) is 22.2. The van der Waals surface area contributed by atoms with Crippen molar-refractivity contribution in [3.8, 4) is 5.75 Å². The summed E-state index contributed by atoms with van der Waals surface area (Å²) < 4.78 is 46.1. The average Bonchev–Trinajstić information content (AvgIpc) is 3.11. The molecule has 2 aliphatic heterocycles. The van der Waals surface area contributed by atoms with Crippen molar-refractivity contribution in [3.63, 3.8) is 0 Å². The molecule has 32 heavy (non-hydrogen) atoms. The van der Waals surface area contributed by atoms with Gasteiger partial charge in [0.2, 0.25) is 0 Å². The highest BCUT2D eigenvalue weighted by molar-refractivity contribution is 5.95. The molecule has 8 heteroatoms. The number of aromatic nitrogens is 1. The van der Waals surface area contributed by atoms with Crippen LogP contribution in [0.4, 0.5) is 24.7 Å². The van der Waals surface area contributed by atoms with Gasteiger partial charge in [0.1, 0.15) is 23.4 Å². The molecule has 0 aliphatic carbocycles. The number of aryl methyl sites for hydroxylation is 1. The van der Waals surface area contributed by atoms with Crippen molar-refractivity contribution < 1.29 is 17.9 Å². The van der Waals surface area contributed by atoms with Crippen LogP contribution in [0.15, 0.2) is 47.7 Å². The number of hydrogen-bond acceptors (Lipinski definition) is 5. The molecule has 1 aromatic heterocycles. The number of hydrogen-bond donors (Lipinski definition) is 0. The summed E-state index contributed by atoms with van der Waals surface area (Å²) >= 11 is 0. The molecule has 3 heterocycles. The Bertz CT molecular complexity index is 952. The summed E-state index contributed by atoms with van der Waals surface area (Å²) in [6, 6.07) is 11.0. The SMILES string of the molecule is CC[C@H]1C(C)C(C(F)(F)F)=NN1c1ccc(OC2CCN(c3cc(C)ccn3)CC2)cc1. The zero-order valence-corrected chi connectivity index (χ0v) is 18.6. The van der Waals surface area contributed by atoms with E-state index in [0.717, 1.165) is 37.5 Å². The van der Waals surface area contributed by atoms with Gasteiger partial charge in [-0.05, 0) is 55.3 Å². The number of ether oxygens (including phenoxy) is 1. The number of alkyl halides is 3. The molecule has 172 valence electrons. The monoisotopic (exact) mass is 446 g/mol. The van der Waals surface area contributed by atoms with E-state index in [9.17, 15) is 13.2 Å². The van der Waals surface area contributed by atoms with E-state index < -0.39 is 17.8 Å². The fraction of sp³-hybridized carbons (Fsp3) is 0.500. The lowest BCUT2D eigenvalue weighted by Gasteiger charge is -2.33. The summed E-state index contributed by atoms with van der Waals surface area (Å²) in [6.45, 7) is 7.29. The number of piperidine rings is 1. The summed E-state index contributed by atoms with van der Waals surface area (Å²) in [6.07, 6.45) is -0.117. The Balaban J connectivity index is 1.38. The summed E-state index contributed by atoms with van der Waals surface area (Å²) in [5.74, 6) is 1.06. The molecule has 0 N–H and O–H groups in total. The van der Waals surface area contributed by atoms with Gasteiger partial charge in [-0.2, -0.15) is 18.3 Å². The molecule has 0 amide bonds. The Morgan fingerprint density at radius 1 is 1.09 bits per heavy atom. The topological polar surface area (TPSA) is 41.0 Å². The molecule has 0 spiro atoms. The Labute approximate surface area is 186 Å². The van der Waals surface area contributed by atoms with Crippen molar-refractivity contribution in [2.45, 2.75) is 58.4 Å². The number of halogens is 3. The maximum absolute atomic E-state index is 13.3. The Morgan fingerprint density at radius 2 is 1.78 bits per heavy atom. The first-order valence-electron chi connectivity index (χ1n) is 11.2. The minimum Gasteiger partial charge on any atom is -0.490 e. The lowest BCUT2D eigenvalue weighted by Crippen LogP contribution is -2.38. The van der Waals surface area contributed by atoms with E-state index in [1.54, 1.807) is 19.1 Å². The van der Waals surface area contributed by atoms with Crippen molar-refractivity contribution in [2.24, 2.45) is 11.0 Å². The minimum absolute atomic E-state index is 0.104. The molecular formula is C24H29F3N4O. The van der Waals surface area contributed by atoms with Gasteiger partial charge in [-0.15, -0.1) is 0 Å². The number of benzene rings is 1. The Morgan fingerprint density at radius 3 is 2.38 bits per heavy atom. The van der Waals surface area contributed by atoms with Crippen molar-refractivity contribution >= 4 is 17.2 Å². The summed E-state index contributed by atoms with van der Waals surface area (Å²) in [4.78, 5) is 6.73. The van der Waals surface area contributed by atoms with Gasteiger partial charge in [0.05, 0.1) is 11.7 Å². The highest BCUT2D eigenvalue weighted by Gasteiger charge is 2.47. The predicted octanol–water partition coefficient (Wildman–Crippen LogP) is 5.59. The Hall–Kier alpha value is -2.77. The molecule has 5 nitrogen and oxygen atoms in total. The van der Waals surface area contributed by atoms with Crippen LogP contribution in [0.5, 0.6) is 5.75 Å². The molecule has 1 fully saturated rings. The number of hydrazone groups is 1. The van der Waals surface area contributed by atoms with Gasteiger partial charge in [-0.1, -0.05) is 13.8 Å². The first-order chi connectivity index (χ1) is 15.3. The smallest absolute Gasteiger partial charge is 0.431 e. The number of anilines is 2. The van der Waals surface area contributed by atoms with Gasteiger partial charge < -0.3 is 9.64 Å². The highest BCUT2D eigenvalue weighted by Crippen LogP contribution is 2.36. The molecule has 0 radical (unpaired) electrons. The van der Waals surface area contributed by atoms with Crippen LogP contribution in [-0.4, -0.2) is 42.1 Å². The van der Waals surface area contributed by atoms with Crippen LogP contribution in [0.1, 0.15) is 38.7 Å². The molecule has 2 aromatic rings. The van der Waals surface area contributed by atoms with Gasteiger partial charge in [0, 0.05) is 38.0 Å². The highest BCUT2D eigenvalue weighted by atomic mass is 19.4. The van der Waals surface area contributed by atoms with Crippen LogP contribution in [0.3, 0.4) is 0 Å². The van der Waals surface area contributed by atoms with Crippen molar-refractivity contribution in [2.75, 3.05) is 23.0 Å². The summed E-state index contributed by atoms with van der Waals surface area (Å²) in [5, 5.41) is 5.43. The van der Waals surface area contributed by atoms with E-state index in [1.807, 2.05) is 31.3 Å². The van der Waals surface area contributed by atoms with Crippen LogP contribution in [0, 0.1) is 12.8 Å². The zero-order chi connectivity index (χ0) is 22.9. The molecule has 2 atom stereocenters. The van der Waals surface area contributed by atoms with E-state index in [0.29, 0.717) is 12.1 Å². The van der Waals surface area contributed by atoms with E-state index in [-0.39, 0.29) is 12.1 Å². The third kappa shape index (κ3) is 4.69. The van der Waals surface area contributed by atoms with E-state index in [4.69, 9.17) is 4.74 Å². The van der Waals surface area contributed by atoms with E-state index >= 15 is 0 Å². The van der Waals surface area contributed by atoms with Gasteiger partial charge in [-0.25, -0.2) is 4.98 Å². The van der Waals surface area contributed by atoms with Gasteiger partial charge in [-0.3, -0.25) is 5.01 Å². The molecule has 1 saturated heterocycles. The first kappa shape index (κ1) is 22.4. The minimum atomic E-state index is -4.41. The predicted molar refractivity (Wildman–Crippen MR) is 120 cm³/mol. The lowest BCUT2D eigenvalue weighted by molar-refractivity contribution is -0.0620. The second-order valence-corrected chi connectivity index (χ2v) is 8.58. The molecular weight excluding hydrogens is 417 g/mol. The molecule has 2 aliphatic rings. The third-order valence-electron chi connectivity index (χ3n) is 6.32. The van der Waals surface area contributed by atoms with Crippen LogP contribution in [0.25, 0.3) is 0 Å². The third-order valence-corrected chi connectivity index (χ3v) is 6.32. The zero-order valence-electron chi connectivity index (χ0n) is 18.6. The fourth-order valence-corrected chi connectivity index (χ4v) is 4.53. The maximum Gasteiger partial charge on any atom is 0.431 e. The molecule has 0 saturated carbocycles. The van der Waals surface area contributed by atoms with Crippen LogP contribution in [-0.2, 0) is 0 Å². The second-order valence-electron chi connectivity index (χ2n) is 8.58. The molecule has 1 unspecified atom stereocenters. The maximum atomic E-state index is 13.3. The molecule has 4 rings (SSSR count). The van der Waals surface area contributed by atoms with Gasteiger partial charge in [0.15, 0.2) is 0 Å². The Kier molecular flexibility index (Phi) is 6.31. The summed E-state index contributed by atoms with van der Waals surface area (Å²) in [7, 11) is 0. The van der Waals surface area contributed by atoms with E-state index in [1.165, 1.54) is 10.6 Å². The quantitative estimate of drug-likeness (QED) is 0.600.